The second kappa shape index (κ2) is 7.83. The fraction of sp³-hybridized carbons (Fsp3) is 0.188. The second-order valence-electron chi connectivity index (χ2n) is 5.13. The topological polar surface area (TPSA) is 110 Å². The Morgan fingerprint density at radius 1 is 1.31 bits per heavy atom. The number of halogens is 1. The van der Waals surface area contributed by atoms with Gasteiger partial charge in [-0.2, -0.15) is 5.21 Å². The van der Waals surface area contributed by atoms with Gasteiger partial charge in [0.25, 0.3) is 0 Å². The van der Waals surface area contributed by atoms with Crippen molar-refractivity contribution in [1.82, 2.24) is 20.6 Å². The summed E-state index contributed by atoms with van der Waals surface area (Å²) in [6.07, 6.45) is -0.0947. The zero-order valence-electron chi connectivity index (χ0n) is 13.7. The van der Waals surface area contributed by atoms with E-state index >= 15 is 0 Å². The molecule has 134 valence electrons. The van der Waals surface area contributed by atoms with Crippen molar-refractivity contribution in [2.45, 2.75) is 13.3 Å². The predicted molar refractivity (Wildman–Crippen MR) is 92.2 cm³/mol. The number of nitrogens with zero attached hydrogens (tertiary/aromatic N) is 3. The molecule has 26 heavy (non-hydrogen) atoms. The van der Waals surface area contributed by atoms with Crippen molar-refractivity contribution in [3.05, 3.63) is 46.9 Å². The summed E-state index contributed by atoms with van der Waals surface area (Å²) in [5.41, 5.74) is 1.43. The molecule has 1 amide bonds. The molecule has 0 saturated carbocycles. The first kappa shape index (κ1) is 17.7. The van der Waals surface area contributed by atoms with Crippen LogP contribution in [0.4, 0.5) is 9.39 Å². The van der Waals surface area contributed by atoms with Crippen molar-refractivity contribution in [1.29, 1.82) is 0 Å². The number of esters is 1. The van der Waals surface area contributed by atoms with Crippen molar-refractivity contribution < 1.29 is 18.7 Å². The molecule has 0 saturated heterocycles. The molecule has 2 N–H and O–H groups in total. The molecule has 0 spiro atoms. The summed E-state index contributed by atoms with van der Waals surface area (Å²) in [5.74, 6) is -1.11. The number of carbonyl (C=O) groups excluding carboxylic acids is 2. The third-order valence-electron chi connectivity index (χ3n) is 3.39. The van der Waals surface area contributed by atoms with E-state index in [1.165, 1.54) is 23.5 Å². The highest BCUT2D eigenvalue weighted by molar-refractivity contribution is 7.15. The van der Waals surface area contributed by atoms with Crippen molar-refractivity contribution in [3.8, 4) is 11.1 Å². The van der Waals surface area contributed by atoms with Gasteiger partial charge in [-0.25, -0.2) is 9.18 Å². The van der Waals surface area contributed by atoms with Crippen LogP contribution in [-0.4, -0.2) is 39.1 Å². The minimum absolute atomic E-state index is 0.0947. The molecule has 0 aliphatic rings. The lowest BCUT2D eigenvalue weighted by atomic mass is 10.0. The number of thiophene rings is 1. The van der Waals surface area contributed by atoms with Crippen molar-refractivity contribution >= 4 is 28.2 Å². The number of nitrogens with one attached hydrogen (secondary N) is 2. The molecule has 0 radical (unpaired) electrons. The van der Waals surface area contributed by atoms with Crippen LogP contribution in [0.15, 0.2) is 29.6 Å². The first-order valence-corrected chi connectivity index (χ1v) is 8.53. The number of hydrogen-bond acceptors (Lipinski definition) is 7. The highest BCUT2D eigenvalue weighted by Crippen LogP contribution is 2.36. The number of amides is 1. The molecule has 8 nitrogen and oxygen atoms in total. The van der Waals surface area contributed by atoms with E-state index in [0.29, 0.717) is 16.1 Å². The zero-order valence-corrected chi connectivity index (χ0v) is 14.5. The van der Waals surface area contributed by atoms with Crippen LogP contribution in [0.1, 0.15) is 23.1 Å². The largest absolute Gasteiger partial charge is 0.462 e. The quantitative estimate of drug-likeness (QED) is 0.640. The molecule has 10 heteroatoms. The fourth-order valence-electron chi connectivity index (χ4n) is 2.27. The maximum absolute atomic E-state index is 13.2. The molecule has 1 aromatic carbocycles. The van der Waals surface area contributed by atoms with Gasteiger partial charge in [0.1, 0.15) is 16.4 Å². The first-order chi connectivity index (χ1) is 12.6. The lowest BCUT2D eigenvalue weighted by Gasteiger charge is -2.08. The van der Waals surface area contributed by atoms with E-state index in [0.717, 1.165) is 0 Å². The number of benzene rings is 1. The smallest absolute Gasteiger partial charge is 0.341 e. The van der Waals surface area contributed by atoms with Crippen LogP contribution < -0.4 is 5.32 Å². The SMILES string of the molecule is CCOC(=O)c1c(-c2ccc(F)cc2)csc1NC(=O)Cc1nn[nH]n1. The van der Waals surface area contributed by atoms with Crippen LogP contribution in [0.2, 0.25) is 0 Å². The van der Waals surface area contributed by atoms with E-state index in [9.17, 15) is 14.0 Å². The summed E-state index contributed by atoms with van der Waals surface area (Å²) in [6, 6.07) is 5.73. The fourth-order valence-corrected chi connectivity index (χ4v) is 3.24. The lowest BCUT2D eigenvalue weighted by Crippen LogP contribution is -2.17. The third kappa shape index (κ3) is 3.91. The number of ether oxygens (including phenoxy) is 1. The van der Waals surface area contributed by atoms with Crippen LogP contribution in [0.3, 0.4) is 0 Å². The van der Waals surface area contributed by atoms with E-state index < -0.39 is 11.9 Å². The van der Waals surface area contributed by atoms with Crippen molar-refractivity contribution in [3.63, 3.8) is 0 Å². The normalized spacial score (nSPS) is 10.5. The van der Waals surface area contributed by atoms with Gasteiger partial charge in [-0.15, -0.1) is 21.5 Å². The number of hydrogen-bond donors (Lipinski definition) is 2. The van der Waals surface area contributed by atoms with E-state index in [1.54, 1.807) is 24.4 Å². The molecule has 0 bridgehead atoms. The first-order valence-electron chi connectivity index (χ1n) is 7.65. The summed E-state index contributed by atoms with van der Waals surface area (Å²) in [7, 11) is 0. The second-order valence-corrected chi connectivity index (χ2v) is 6.01. The summed E-state index contributed by atoms with van der Waals surface area (Å²) in [4.78, 5) is 24.6. The number of tetrazole rings is 1. The number of aromatic nitrogens is 4. The Labute approximate surface area is 151 Å². The van der Waals surface area contributed by atoms with E-state index in [-0.39, 0.29) is 30.2 Å². The van der Waals surface area contributed by atoms with Gasteiger partial charge in [0.05, 0.1) is 13.0 Å². The molecule has 0 atom stereocenters. The highest BCUT2D eigenvalue weighted by Gasteiger charge is 2.23. The van der Waals surface area contributed by atoms with Gasteiger partial charge in [0, 0.05) is 10.9 Å². The average molecular weight is 375 g/mol. The molecule has 2 aromatic heterocycles. The number of anilines is 1. The van der Waals surface area contributed by atoms with Gasteiger partial charge in [0.2, 0.25) is 5.91 Å². The highest BCUT2D eigenvalue weighted by atomic mass is 32.1. The van der Waals surface area contributed by atoms with Crippen LogP contribution in [-0.2, 0) is 16.0 Å². The van der Waals surface area contributed by atoms with Gasteiger partial charge in [0.15, 0.2) is 5.82 Å². The molecule has 0 fully saturated rings. The van der Waals surface area contributed by atoms with Crippen LogP contribution in [0.25, 0.3) is 11.1 Å². The summed E-state index contributed by atoms with van der Waals surface area (Å²) in [5, 5.41) is 17.8. The van der Waals surface area contributed by atoms with E-state index in [1.807, 2.05) is 0 Å². The monoisotopic (exact) mass is 375 g/mol. The van der Waals surface area contributed by atoms with E-state index in [2.05, 4.69) is 25.9 Å². The van der Waals surface area contributed by atoms with Gasteiger partial charge >= 0.3 is 5.97 Å². The zero-order chi connectivity index (χ0) is 18.5. The molecule has 3 aromatic rings. The molecule has 0 aliphatic heterocycles. The maximum atomic E-state index is 13.2. The van der Waals surface area contributed by atoms with Gasteiger partial charge in [-0.1, -0.05) is 17.3 Å². The van der Waals surface area contributed by atoms with Crippen LogP contribution in [0, 0.1) is 5.82 Å². The number of H-pyrrole nitrogens is 1. The molecular weight excluding hydrogens is 361 g/mol. The molecular formula is C16H14FN5O3S. The van der Waals surface area contributed by atoms with Gasteiger partial charge in [-0.3, -0.25) is 4.79 Å². The Balaban J connectivity index is 1.90. The molecule has 3 rings (SSSR count). The minimum atomic E-state index is -0.567. The molecule has 0 aliphatic carbocycles. The number of rotatable bonds is 6. The van der Waals surface area contributed by atoms with Crippen LogP contribution in [0.5, 0.6) is 0 Å². The Morgan fingerprint density at radius 3 is 2.73 bits per heavy atom. The lowest BCUT2D eigenvalue weighted by molar-refractivity contribution is -0.115. The Hall–Kier alpha value is -3.14. The Kier molecular flexibility index (Phi) is 5.32. The summed E-state index contributed by atoms with van der Waals surface area (Å²) in [6.45, 7) is 1.88. The third-order valence-corrected chi connectivity index (χ3v) is 4.28. The van der Waals surface area contributed by atoms with Gasteiger partial charge in [-0.05, 0) is 24.6 Å². The number of aromatic amines is 1. The molecule has 2 heterocycles. The van der Waals surface area contributed by atoms with Crippen LogP contribution >= 0.6 is 11.3 Å². The van der Waals surface area contributed by atoms with E-state index in [4.69, 9.17) is 4.74 Å². The maximum Gasteiger partial charge on any atom is 0.341 e. The summed E-state index contributed by atoms with van der Waals surface area (Å²) >= 11 is 1.18. The standard InChI is InChI=1S/C16H14FN5O3S/c1-2-25-16(24)14-11(9-3-5-10(17)6-4-9)8-26-15(14)18-13(23)7-12-19-21-22-20-12/h3-6,8H,2,7H2,1H3,(H,18,23)(H,19,20,21,22). The number of carbonyl (C=O) groups is 2. The Morgan fingerprint density at radius 2 is 2.08 bits per heavy atom. The average Bonchev–Trinajstić information content (AvgIpc) is 3.25. The predicted octanol–water partition coefficient (Wildman–Crippen LogP) is 2.43. The van der Waals surface area contributed by atoms with Gasteiger partial charge < -0.3 is 10.1 Å². The minimum Gasteiger partial charge on any atom is -0.462 e. The summed E-state index contributed by atoms with van der Waals surface area (Å²) < 4.78 is 18.3. The molecule has 0 unspecified atom stereocenters. The van der Waals surface area contributed by atoms with Crippen molar-refractivity contribution in [2.75, 3.05) is 11.9 Å². The van der Waals surface area contributed by atoms with Crippen molar-refractivity contribution in [2.24, 2.45) is 0 Å². The Bertz CT molecular complexity index is 909.